The highest BCUT2D eigenvalue weighted by atomic mass is 16.5. The van der Waals surface area contributed by atoms with E-state index >= 15 is 0 Å². The van der Waals surface area contributed by atoms with Crippen LogP contribution < -0.4 is 14.8 Å². The van der Waals surface area contributed by atoms with Crippen molar-refractivity contribution < 1.29 is 14.2 Å². The number of hydrogen-bond acceptors (Lipinski definition) is 5. The number of nitrogens with zero attached hydrogens (tertiary/aromatic N) is 1. The average molecular weight is 292 g/mol. The maximum Gasteiger partial charge on any atom is 0.161 e. The second-order valence-corrected chi connectivity index (χ2v) is 5.69. The van der Waals surface area contributed by atoms with Gasteiger partial charge in [-0.1, -0.05) is 0 Å². The topological polar surface area (TPSA) is 43.0 Å². The van der Waals surface area contributed by atoms with Gasteiger partial charge in [0.05, 0.1) is 27.4 Å². The van der Waals surface area contributed by atoms with Gasteiger partial charge >= 0.3 is 0 Å². The fourth-order valence-corrected chi connectivity index (χ4v) is 3.15. The van der Waals surface area contributed by atoms with Crippen LogP contribution in [0.15, 0.2) is 12.1 Å². The van der Waals surface area contributed by atoms with Gasteiger partial charge in [-0.15, -0.1) is 0 Å². The highest BCUT2D eigenvalue weighted by molar-refractivity contribution is 5.48. The van der Waals surface area contributed by atoms with E-state index in [9.17, 15) is 0 Å². The summed E-state index contributed by atoms with van der Waals surface area (Å²) in [5.41, 5.74) is 2.72. The number of benzene rings is 1. The molecule has 2 aliphatic heterocycles. The zero-order valence-corrected chi connectivity index (χ0v) is 12.9. The smallest absolute Gasteiger partial charge is 0.161 e. The van der Waals surface area contributed by atoms with E-state index in [4.69, 9.17) is 14.2 Å². The van der Waals surface area contributed by atoms with E-state index in [1.165, 1.54) is 11.1 Å². The molecule has 1 unspecified atom stereocenters. The summed E-state index contributed by atoms with van der Waals surface area (Å²) in [6.45, 7) is 5.69. The molecule has 3 rings (SSSR count). The maximum atomic E-state index is 5.53. The number of ether oxygens (including phenoxy) is 3. The van der Waals surface area contributed by atoms with Gasteiger partial charge in [-0.3, -0.25) is 4.90 Å². The van der Waals surface area contributed by atoms with Crippen LogP contribution >= 0.6 is 0 Å². The molecule has 0 radical (unpaired) electrons. The van der Waals surface area contributed by atoms with Crippen LogP contribution in [0.3, 0.4) is 0 Å². The lowest BCUT2D eigenvalue weighted by Crippen LogP contribution is -2.49. The number of hydrogen-bond donors (Lipinski definition) is 1. The number of nitrogens with one attached hydrogen (secondary N) is 1. The van der Waals surface area contributed by atoms with Crippen molar-refractivity contribution >= 4 is 0 Å². The predicted octanol–water partition coefficient (Wildman–Crippen LogP) is 1.05. The molecular formula is C16H24N2O3. The minimum absolute atomic E-state index is 0.445. The van der Waals surface area contributed by atoms with Crippen molar-refractivity contribution in [2.45, 2.75) is 19.0 Å². The second kappa shape index (κ2) is 6.64. The summed E-state index contributed by atoms with van der Waals surface area (Å²) in [6, 6.07) is 4.68. The highest BCUT2D eigenvalue weighted by Crippen LogP contribution is 2.33. The van der Waals surface area contributed by atoms with Gasteiger partial charge in [-0.25, -0.2) is 0 Å². The number of morpholine rings is 1. The molecule has 0 spiro atoms. The van der Waals surface area contributed by atoms with Crippen LogP contribution in [0.1, 0.15) is 11.1 Å². The fraction of sp³-hybridized carbons (Fsp3) is 0.625. The van der Waals surface area contributed by atoms with E-state index in [1.807, 2.05) is 0 Å². The summed E-state index contributed by atoms with van der Waals surface area (Å²) in [4.78, 5) is 2.49. The van der Waals surface area contributed by atoms with Crippen LogP contribution in [-0.2, 0) is 17.7 Å². The van der Waals surface area contributed by atoms with Crippen LogP contribution in [0.2, 0.25) is 0 Å². The third kappa shape index (κ3) is 3.31. The first-order valence-corrected chi connectivity index (χ1v) is 7.57. The van der Waals surface area contributed by atoms with E-state index in [2.05, 4.69) is 22.3 Å². The molecule has 0 amide bonds. The molecule has 0 saturated carbocycles. The molecule has 1 aromatic carbocycles. The molecule has 1 atom stereocenters. The van der Waals surface area contributed by atoms with Gasteiger partial charge in [0.2, 0.25) is 0 Å². The summed E-state index contributed by atoms with van der Waals surface area (Å²) in [6.07, 6.45) is 1.06. The molecule has 21 heavy (non-hydrogen) atoms. The van der Waals surface area contributed by atoms with Crippen LogP contribution in [-0.4, -0.2) is 58.0 Å². The van der Waals surface area contributed by atoms with Gasteiger partial charge in [0.25, 0.3) is 0 Å². The Kier molecular flexibility index (Phi) is 4.63. The van der Waals surface area contributed by atoms with E-state index in [0.29, 0.717) is 6.04 Å². The normalized spacial score (nSPS) is 22.7. The first-order chi connectivity index (χ1) is 10.3. The SMILES string of the molecule is COc1cc2c(cc1OC)CN(CC1COCCN1)CC2. The second-order valence-electron chi connectivity index (χ2n) is 5.69. The van der Waals surface area contributed by atoms with Gasteiger partial charge in [0.1, 0.15) is 0 Å². The molecule has 5 nitrogen and oxygen atoms in total. The number of rotatable bonds is 4. The Hall–Kier alpha value is -1.30. The number of fused-ring (bicyclic) bond motifs is 1. The first-order valence-electron chi connectivity index (χ1n) is 7.57. The van der Waals surface area contributed by atoms with E-state index in [0.717, 1.165) is 57.3 Å². The van der Waals surface area contributed by atoms with Crippen molar-refractivity contribution in [3.63, 3.8) is 0 Å². The minimum atomic E-state index is 0.445. The third-order valence-electron chi connectivity index (χ3n) is 4.27. The summed E-state index contributed by atoms with van der Waals surface area (Å²) in [5, 5.41) is 3.52. The van der Waals surface area contributed by atoms with Gasteiger partial charge in [0, 0.05) is 32.2 Å². The molecule has 1 N–H and O–H groups in total. The van der Waals surface area contributed by atoms with Gasteiger partial charge in [-0.05, 0) is 29.7 Å². The lowest BCUT2D eigenvalue weighted by molar-refractivity contribution is 0.0598. The highest BCUT2D eigenvalue weighted by Gasteiger charge is 2.22. The van der Waals surface area contributed by atoms with Crippen molar-refractivity contribution in [2.24, 2.45) is 0 Å². The molecule has 1 aromatic rings. The van der Waals surface area contributed by atoms with Crippen LogP contribution in [0.25, 0.3) is 0 Å². The third-order valence-corrected chi connectivity index (χ3v) is 4.27. The summed E-state index contributed by atoms with van der Waals surface area (Å²) >= 11 is 0. The largest absolute Gasteiger partial charge is 0.493 e. The summed E-state index contributed by atoms with van der Waals surface area (Å²) < 4.78 is 16.3. The quantitative estimate of drug-likeness (QED) is 0.898. The molecule has 116 valence electrons. The Balaban J connectivity index is 1.69. The van der Waals surface area contributed by atoms with Crippen molar-refractivity contribution in [2.75, 3.05) is 47.1 Å². The molecule has 0 aromatic heterocycles. The molecule has 2 aliphatic rings. The van der Waals surface area contributed by atoms with Crippen molar-refractivity contribution in [3.05, 3.63) is 23.3 Å². The Bertz CT molecular complexity index is 487. The Labute approximate surface area is 126 Å². The molecule has 0 aliphatic carbocycles. The Morgan fingerprint density at radius 2 is 2.00 bits per heavy atom. The lowest BCUT2D eigenvalue weighted by atomic mass is 9.98. The van der Waals surface area contributed by atoms with Crippen LogP contribution in [0.4, 0.5) is 0 Å². The maximum absolute atomic E-state index is 5.53. The molecular weight excluding hydrogens is 268 g/mol. The molecule has 5 heteroatoms. The van der Waals surface area contributed by atoms with E-state index in [-0.39, 0.29) is 0 Å². The van der Waals surface area contributed by atoms with Crippen molar-refractivity contribution in [3.8, 4) is 11.5 Å². The summed E-state index contributed by atoms with van der Waals surface area (Å²) in [5.74, 6) is 1.64. The van der Waals surface area contributed by atoms with Crippen LogP contribution in [0.5, 0.6) is 11.5 Å². The zero-order chi connectivity index (χ0) is 14.7. The first kappa shape index (κ1) is 14.6. The average Bonchev–Trinajstić information content (AvgIpc) is 2.54. The van der Waals surface area contributed by atoms with E-state index in [1.54, 1.807) is 14.2 Å². The van der Waals surface area contributed by atoms with E-state index < -0.39 is 0 Å². The Morgan fingerprint density at radius 1 is 1.24 bits per heavy atom. The van der Waals surface area contributed by atoms with Gasteiger partial charge in [-0.2, -0.15) is 0 Å². The van der Waals surface area contributed by atoms with Gasteiger partial charge < -0.3 is 19.5 Å². The molecule has 1 fully saturated rings. The Morgan fingerprint density at radius 3 is 2.67 bits per heavy atom. The summed E-state index contributed by atoms with van der Waals surface area (Å²) in [7, 11) is 3.38. The standard InChI is InChI=1S/C16H24N2O3/c1-19-15-7-12-3-5-18(9-13(12)8-16(15)20-2)10-14-11-21-6-4-17-14/h7-8,14,17H,3-6,9-11H2,1-2H3. The minimum Gasteiger partial charge on any atom is -0.493 e. The molecule has 2 heterocycles. The molecule has 0 bridgehead atoms. The molecule has 1 saturated heterocycles. The van der Waals surface area contributed by atoms with Crippen LogP contribution in [0, 0.1) is 0 Å². The van der Waals surface area contributed by atoms with Gasteiger partial charge in [0.15, 0.2) is 11.5 Å². The zero-order valence-electron chi connectivity index (χ0n) is 12.9. The number of methoxy groups -OCH3 is 2. The lowest BCUT2D eigenvalue weighted by Gasteiger charge is -2.34. The van der Waals surface area contributed by atoms with Crippen molar-refractivity contribution in [1.82, 2.24) is 10.2 Å². The predicted molar refractivity (Wildman–Crippen MR) is 81.1 cm³/mol. The monoisotopic (exact) mass is 292 g/mol. The fourth-order valence-electron chi connectivity index (χ4n) is 3.15. The van der Waals surface area contributed by atoms with Crippen molar-refractivity contribution in [1.29, 1.82) is 0 Å².